The zero-order chi connectivity index (χ0) is 8.27. The Morgan fingerprint density at radius 1 is 1.73 bits per heavy atom. The lowest BCUT2D eigenvalue weighted by Crippen LogP contribution is -2.04. The van der Waals surface area contributed by atoms with E-state index in [4.69, 9.17) is 0 Å². The molecule has 0 aliphatic rings. The van der Waals surface area contributed by atoms with Crippen LogP contribution in [0.4, 0.5) is 8.78 Å². The summed E-state index contributed by atoms with van der Waals surface area (Å²) in [5.74, 6) is 0. The van der Waals surface area contributed by atoms with Crippen molar-refractivity contribution in [3.05, 3.63) is 18.0 Å². The highest BCUT2D eigenvalue weighted by atomic mass is 19.3. The van der Waals surface area contributed by atoms with Gasteiger partial charge in [0.25, 0.3) is 6.43 Å². The molecule has 0 spiro atoms. The number of halogens is 2. The van der Waals surface area contributed by atoms with Gasteiger partial charge in [0.05, 0.1) is 6.20 Å². The molecule has 0 amide bonds. The average Bonchev–Trinajstić information content (AvgIpc) is 2.36. The summed E-state index contributed by atoms with van der Waals surface area (Å²) in [5, 5.41) is 3.71. The molecule has 1 aromatic heterocycles. The standard InChI is InChI=1S/C7H9F2N2/c1-2-5-11-6(7(8)9)3-4-10-11/h4,7H,2,5H2,1H3. The molecule has 11 heavy (non-hydrogen) atoms. The minimum atomic E-state index is -2.47. The van der Waals surface area contributed by atoms with E-state index < -0.39 is 6.43 Å². The molecule has 0 aliphatic heterocycles. The van der Waals surface area contributed by atoms with Gasteiger partial charge < -0.3 is 0 Å². The molecule has 1 heterocycles. The van der Waals surface area contributed by atoms with Crippen LogP contribution in [0.15, 0.2) is 6.20 Å². The quantitative estimate of drug-likeness (QED) is 0.659. The second kappa shape index (κ2) is 3.46. The number of nitrogens with zero attached hydrogens (tertiary/aromatic N) is 2. The Hall–Kier alpha value is -0.930. The number of aromatic nitrogens is 2. The van der Waals surface area contributed by atoms with Gasteiger partial charge in [-0.2, -0.15) is 5.10 Å². The van der Waals surface area contributed by atoms with Crippen LogP contribution in [0, 0.1) is 6.07 Å². The van der Waals surface area contributed by atoms with Gasteiger partial charge in [0, 0.05) is 12.6 Å². The predicted octanol–water partition coefficient (Wildman–Crippen LogP) is 2.03. The Morgan fingerprint density at radius 3 is 3.00 bits per heavy atom. The van der Waals surface area contributed by atoms with Gasteiger partial charge in [0.2, 0.25) is 0 Å². The third kappa shape index (κ3) is 1.76. The predicted molar refractivity (Wildman–Crippen MR) is 36.3 cm³/mol. The van der Waals surface area contributed by atoms with Crippen molar-refractivity contribution in [2.24, 2.45) is 0 Å². The molecule has 0 N–H and O–H groups in total. The minimum Gasteiger partial charge on any atom is -0.263 e. The van der Waals surface area contributed by atoms with Crippen molar-refractivity contribution in [3.63, 3.8) is 0 Å². The molecule has 1 radical (unpaired) electrons. The largest absolute Gasteiger partial charge is 0.280 e. The van der Waals surface area contributed by atoms with E-state index in [1.807, 2.05) is 6.92 Å². The molecule has 4 heteroatoms. The highest BCUT2D eigenvalue weighted by Gasteiger charge is 2.12. The number of rotatable bonds is 3. The third-order valence-corrected chi connectivity index (χ3v) is 1.33. The molecule has 1 aromatic rings. The van der Waals surface area contributed by atoms with E-state index in [-0.39, 0.29) is 5.69 Å². The van der Waals surface area contributed by atoms with E-state index >= 15 is 0 Å². The topological polar surface area (TPSA) is 17.8 Å². The number of aryl methyl sites for hydroxylation is 1. The lowest BCUT2D eigenvalue weighted by molar-refractivity contribution is 0.138. The average molecular weight is 159 g/mol. The van der Waals surface area contributed by atoms with E-state index in [0.29, 0.717) is 6.54 Å². The van der Waals surface area contributed by atoms with Gasteiger partial charge in [-0.15, -0.1) is 0 Å². The maximum atomic E-state index is 12.1. The maximum Gasteiger partial charge on any atom is 0.280 e. The van der Waals surface area contributed by atoms with Crippen LogP contribution in [-0.4, -0.2) is 9.78 Å². The van der Waals surface area contributed by atoms with Gasteiger partial charge in [0.15, 0.2) is 0 Å². The second-order valence-electron chi connectivity index (χ2n) is 2.20. The van der Waals surface area contributed by atoms with Gasteiger partial charge in [-0.3, -0.25) is 4.68 Å². The Bertz CT molecular complexity index is 220. The van der Waals surface area contributed by atoms with Crippen LogP contribution in [0.5, 0.6) is 0 Å². The molecule has 0 bridgehead atoms. The second-order valence-corrected chi connectivity index (χ2v) is 2.20. The summed E-state index contributed by atoms with van der Waals surface area (Å²) in [5.41, 5.74) is -0.119. The Balaban J connectivity index is 2.78. The first-order valence-electron chi connectivity index (χ1n) is 3.47. The summed E-state index contributed by atoms with van der Waals surface area (Å²) in [4.78, 5) is 0. The van der Waals surface area contributed by atoms with E-state index in [1.165, 1.54) is 10.9 Å². The van der Waals surface area contributed by atoms with Crippen LogP contribution in [0.25, 0.3) is 0 Å². The Kier molecular flexibility index (Phi) is 2.57. The first-order chi connectivity index (χ1) is 5.25. The van der Waals surface area contributed by atoms with E-state index in [2.05, 4.69) is 11.2 Å². The smallest absolute Gasteiger partial charge is 0.263 e. The minimum absolute atomic E-state index is 0.119. The van der Waals surface area contributed by atoms with Gasteiger partial charge >= 0.3 is 0 Å². The fourth-order valence-electron chi connectivity index (χ4n) is 0.867. The van der Waals surface area contributed by atoms with Crippen LogP contribution in [-0.2, 0) is 6.54 Å². The lowest BCUT2D eigenvalue weighted by Gasteiger charge is -2.02. The number of hydrogen-bond acceptors (Lipinski definition) is 1. The van der Waals surface area contributed by atoms with Gasteiger partial charge in [0.1, 0.15) is 5.69 Å². The Labute approximate surface area is 63.8 Å². The van der Waals surface area contributed by atoms with E-state index in [1.54, 1.807) is 0 Å². The first-order valence-corrected chi connectivity index (χ1v) is 3.47. The fourth-order valence-corrected chi connectivity index (χ4v) is 0.867. The molecule has 0 aromatic carbocycles. The summed E-state index contributed by atoms with van der Waals surface area (Å²) < 4.78 is 25.5. The molecule has 0 saturated carbocycles. The number of alkyl halides is 2. The molecule has 1 rings (SSSR count). The molecule has 0 fully saturated rings. The highest BCUT2D eigenvalue weighted by Crippen LogP contribution is 2.16. The van der Waals surface area contributed by atoms with Crippen molar-refractivity contribution in [3.8, 4) is 0 Å². The monoisotopic (exact) mass is 159 g/mol. The molecular weight excluding hydrogens is 150 g/mol. The van der Waals surface area contributed by atoms with Gasteiger partial charge in [-0.1, -0.05) is 6.92 Å². The van der Waals surface area contributed by atoms with Gasteiger partial charge in [-0.25, -0.2) is 8.78 Å². The molecule has 61 valence electrons. The normalized spacial score (nSPS) is 10.9. The van der Waals surface area contributed by atoms with Crippen molar-refractivity contribution >= 4 is 0 Å². The number of hydrogen-bond donors (Lipinski definition) is 0. The van der Waals surface area contributed by atoms with Gasteiger partial charge in [-0.05, 0) is 6.42 Å². The molecule has 0 aliphatic carbocycles. The van der Waals surface area contributed by atoms with Crippen molar-refractivity contribution in [2.75, 3.05) is 0 Å². The van der Waals surface area contributed by atoms with Crippen LogP contribution < -0.4 is 0 Å². The van der Waals surface area contributed by atoms with Crippen LogP contribution in [0.1, 0.15) is 25.5 Å². The summed E-state index contributed by atoms with van der Waals surface area (Å²) >= 11 is 0. The maximum absolute atomic E-state index is 12.1. The molecule has 0 atom stereocenters. The van der Waals surface area contributed by atoms with E-state index in [9.17, 15) is 8.78 Å². The highest BCUT2D eigenvalue weighted by molar-refractivity contribution is 4.99. The zero-order valence-electron chi connectivity index (χ0n) is 6.22. The van der Waals surface area contributed by atoms with Crippen LogP contribution in [0.2, 0.25) is 0 Å². The SMILES string of the molecule is CCCn1nc[c]c1C(F)F. The molecular formula is C7H9F2N2. The van der Waals surface area contributed by atoms with Crippen LogP contribution >= 0.6 is 0 Å². The first kappa shape index (κ1) is 8.17. The van der Waals surface area contributed by atoms with Crippen molar-refractivity contribution in [1.29, 1.82) is 0 Å². The fraction of sp³-hybridized carbons (Fsp3) is 0.571. The van der Waals surface area contributed by atoms with E-state index in [0.717, 1.165) is 6.42 Å². The zero-order valence-corrected chi connectivity index (χ0v) is 6.22. The summed E-state index contributed by atoms with van der Waals surface area (Å²) in [6.07, 6.45) is -0.393. The summed E-state index contributed by atoms with van der Waals surface area (Å²) in [6.45, 7) is 2.44. The van der Waals surface area contributed by atoms with Crippen molar-refractivity contribution < 1.29 is 8.78 Å². The lowest BCUT2D eigenvalue weighted by atomic mass is 10.4. The van der Waals surface area contributed by atoms with Crippen molar-refractivity contribution in [2.45, 2.75) is 26.3 Å². The molecule has 0 saturated heterocycles. The third-order valence-electron chi connectivity index (χ3n) is 1.33. The Morgan fingerprint density at radius 2 is 2.45 bits per heavy atom. The van der Waals surface area contributed by atoms with Crippen molar-refractivity contribution in [1.82, 2.24) is 9.78 Å². The summed E-state index contributed by atoms with van der Waals surface area (Å²) in [6, 6.07) is 2.39. The van der Waals surface area contributed by atoms with Crippen LogP contribution in [0.3, 0.4) is 0 Å². The summed E-state index contributed by atoms with van der Waals surface area (Å²) in [7, 11) is 0. The molecule has 0 unspecified atom stereocenters. The molecule has 2 nitrogen and oxygen atoms in total.